The molecule has 2 N–H and O–H groups in total. The monoisotopic (exact) mass is 403 g/mol. The molecule has 1 aromatic rings. The van der Waals surface area contributed by atoms with Gasteiger partial charge in [-0.25, -0.2) is 12.8 Å². The van der Waals surface area contributed by atoms with E-state index in [0.29, 0.717) is 39.3 Å². The molecule has 0 unspecified atom stereocenters. The smallest absolute Gasteiger partial charge is 0.243 e. The van der Waals surface area contributed by atoms with E-state index in [2.05, 4.69) is 0 Å². The number of aliphatic hydroxyl groups is 1. The number of quaternary nitrogens is 1. The highest BCUT2D eigenvalue weighted by Crippen LogP contribution is 2.16. The van der Waals surface area contributed by atoms with Crippen LogP contribution in [0, 0.1) is 5.82 Å². The number of nitrogens with zero attached hydrogens (tertiary/aromatic N) is 1. The number of sulfonamides is 1. The average Bonchev–Trinajstić information content (AvgIpc) is 3.16. The zero-order valence-corrected chi connectivity index (χ0v) is 16.2. The van der Waals surface area contributed by atoms with Gasteiger partial charge in [-0.05, 0) is 37.1 Å². The van der Waals surface area contributed by atoms with Crippen molar-refractivity contribution < 1.29 is 32.3 Å². The Hall–Kier alpha value is -1.10. The second kappa shape index (κ2) is 9.40. The van der Waals surface area contributed by atoms with Crippen molar-refractivity contribution in [3.05, 3.63) is 30.1 Å². The lowest BCUT2D eigenvalue weighted by molar-refractivity contribution is -0.906. The van der Waals surface area contributed by atoms with Crippen LogP contribution in [0.25, 0.3) is 0 Å². The molecule has 0 saturated carbocycles. The highest BCUT2D eigenvalue weighted by Gasteiger charge is 2.31. The van der Waals surface area contributed by atoms with Crippen LogP contribution in [0.3, 0.4) is 0 Å². The van der Waals surface area contributed by atoms with Crippen molar-refractivity contribution in [1.82, 2.24) is 4.31 Å². The molecular weight excluding hydrogens is 375 g/mol. The van der Waals surface area contributed by atoms with Crippen molar-refractivity contribution in [1.29, 1.82) is 0 Å². The van der Waals surface area contributed by atoms with Crippen LogP contribution in [0.5, 0.6) is 0 Å². The Kier molecular flexibility index (Phi) is 7.18. The van der Waals surface area contributed by atoms with Crippen LogP contribution in [-0.4, -0.2) is 82.6 Å². The molecule has 2 aliphatic heterocycles. The zero-order valence-electron chi connectivity index (χ0n) is 15.3. The van der Waals surface area contributed by atoms with Crippen LogP contribution in [0.2, 0.25) is 0 Å². The van der Waals surface area contributed by atoms with Gasteiger partial charge in [-0.2, -0.15) is 4.31 Å². The molecule has 0 aromatic heterocycles. The first-order valence-electron chi connectivity index (χ1n) is 9.42. The Morgan fingerprint density at radius 2 is 2.00 bits per heavy atom. The first kappa shape index (κ1) is 20.6. The van der Waals surface area contributed by atoms with E-state index in [1.165, 1.54) is 16.4 Å². The molecule has 2 fully saturated rings. The van der Waals surface area contributed by atoms with Crippen LogP contribution in [0.1, 0.15) is 12.8 Å². The van der Waals surface area contributed by atoms with Gasteiger partial charge in [0, 0.05) is 6.61 Å². The molecule has 0 radical (unpaired) electrons. The van der Waals surface area contributed by atoms with Crippen LogP contribution >= 0.6 is 0 Å². The van der Waals surface area contributed by atoms with Gasteiger partial charge in [0.1, 0.15) is 18.5 Å². The fraction of sp³-hybridized carbons (Fsp3) is 0.667. The molecule has 0 aliphatic carbocycles. The van der Waals surface area contributed by atoms with E-state index in [9.17, 15) is 17.9 Å². The Morgan fingerprint density at radius 1 is 1.30 bits per heavy atom. The fourth-order valence-electron chi connectivity index (χ4n) is 3.51. The summed E-state index contributed by atoms with van der Waals surface area (Å²) in [6, 6.07) is 4.89. The van der Waals surface area contributed by atoms with Crippen molar-refractivity contribution in [3.8, 4) is 0 Å². The minimum atomic E-state index is -3.60. The van der Waals surface area contributed by atoms with Crippen LogP contribution in [0.4, 0.5) is 4.39 Å². The summed E-state index contributed by atoms with van der Waals surface area (Å²) in [6.07, 6.45) is 1.63. The summed E-state index contributed by atoms with van der Waals surface area (Å²) in [4.78, 5) is 1.25. The lowest BCUT2D eigenvalue weighted by Gasteiger charge is -2.32. The molecular formula is C18H28FN2O5S+. The Bertz CT molecular complexity index is 686. The molecule has 3 rings (SSSR count). The number of hydrogen-bond acceptors (Lipinski definition) is 5. The maximum absolute atomic E-state index is 13.0. The molecule has 1 aromatic carbocycles. The van der Waals surface area contributed by atoms with Crippen molar-refractivity contribution in [2.24, 2.45) is 0 Å². The summed E-state index contributed by atoms with van der Waals surface area (Å²) >= 11 is 0. The summed E-state index contributed by atoms with van der Waals surface area (Å²) in [6.45, 7) is 4.06. The zero-order chi connectivity index (χ0) is 19.3. The number of aliphatic hydroxyl groups excluding tert-OH is 1. The number of halogens is 1. The summed E-state index contributed by atoms with van der Waals surface area (Å²) in [5.41, 5.74) is 0. The van der Waals surface area contributed by atoms with E-state index in [-0.39, 0.29) is 17.6 Å². The first-order valence-corrected chi connectivity index (χ1v) is 10.9. The Morgan fingerprint density at radius 3 is 2.63 bits per heavy atom. The molecule has 2 saturated heterocycles. The summed E-state index contributed by atoms with van der Waals surface area (Å²) in [7, 11) is -3.60. The molecule has 0 bridgehead atoms. The molecule has 7 nitrogen and oxygen atoms in total. The third-order valence-corrected chi connectivity index (χ3v) is 6.96. The number of nitrogens with one attached hydrogen (secondary N) is 1. The summed E-state index contributed by atoms with van der Waals surface area (Å²) in [5.74, 6) is -0.459. The normalized spacial score (nSPS) is 23.6. The lowest BCUT2D eigenvalue weighted by atomic mass is 10.2. The number of rotatable bonds is 8. The Labute approximate surface area is 159 Å². The molecule has 27 heavy (non-hydrogen) atoms. The van der Waals surface area contributed by atoms with Crippen LogP contribution < -0.4 is 4.90 Å². The Balaban J connectivity index is 1.40. The molecule has 9 heteroatoms. The van der Waals surface area contributed by atoms with Gasteiger partial charge < -0.3 is 19.5 Å². The van der Waals surface area contributed by atoms with Gasteiger partial charge in [-0.3, -0.25) is 0 Å². The highest BCUT2D eigenvalue weighted by atomic mass is 32.2. The summed E-state index contributed by atoms with van der Waals surface area (Å²) < 4.78 is 50.7. The van der Waals surface area contributed by atoms with Gasteiger partial charge in [0.15, 0.2) is 0 Å². The van der Waals surface area contributed by atoms with Crippen molar-refractivity contribution in [3.63, 3.8) is 0 Å². The van der Waals surface area contributed by atoms with Gasteiger partial charge in [0.05, 0.1) is 50.4 Å². The topological polar surface area (TPSA) is 80.5 Å². The standard InChI is InChI=1S/C18H27FN2O5S/c19-15-3-5-18(6-4-15)27(23,24)21-9-7-20(8-10-21)12-16(22)13-25-14-17-2-1-11-26-17/h3-6,16-17,22H,1-2,7-14H2/p+1/t16-,17+/m0/s1. The molecule has 0 spiro atoms. The lowest BCUT2D eigenvalue weighted by Crippen LogP contribution is -3.15. The van der Waals surface area contributed by atoms with E-state index in [1.807, 2.05) is 0 Å². The first-order chi connectivity index (χ1) is 12.9. The SMILES string of the molecule is O=S(=O)(c1ccc(F)cc1)N1CC[NH+](C[C@H](O)COC[C@H]2CCCO2)CC1. The largest absolute Gasteiger partial charge is 0.385 e. The maximum Gasteiger partial charge on any atom is 0.243 e. The fourth-order valence-corrected chi connectivity index (χ4v) is 4.95. The van der Waals surface area contributed by atoms with E-state index >= 15 is 0 Å². The summed E-state index contributed by atoms with van der Waals surface area (Å²) in [5, 5.41) is 10.2. The number of ether oxygens (including phenoxy) is 2. The van der Waals surface area contributed by atoms with Crippen molar-refractivity contribution in [2.75, 3.05) is 52.5 Å². The highest BCUT2D eigenvalue weighted by molar-refractivity contribution is 7.89. The van der Waals surface area contributed by atoms with Crippen LogP contribution in [-0.2, 0) is 19.5 Å². The molecule has 152 valence electrons. The van der Waals surface area contributed by atoms with Crippen LogP contribution in [0.15, 0.2) is 29.2 Å². The van der Waals surface area contributed by atoms with Gasteiger partial charge in [0.2, 0.25) is 10.0 Å². The minimum Gasteiger partial charge on any atom is -0.385 e. The van der Waals surface area contributed by atoms with Crippen molar-refractivity contribution in [2.45, 2.75) is 29.9 Å². The maximum atomic E-state index is 13.0. The number of piperazine rings is 1. The third kappa shape index (κ3) is 5.69. The molecule has 2 atom stereocenters. The van der Waals surface area contributed by atoms with Gasteiger partial charge in [-0.1, -0.05) is 0 Å². The second-order valence-corrected chi connectivity index (χ2v) is 9.08. The van der Waals surface area contributed by atoms with E-state index in [0.717, 1.165) is 36.5 Å². The number of hydrogen-bond donors (Lipinski definition) is 2. The molecule has 2 heterocycles. The van der Waals surface area contributed by atoms with E-state index in [1.54, 1.807) is 0 Å². The number of benzene rings is 1. The third-order valence-electron chi connectivity index (χ3n) is 5.04. The molecule has 2 aliphatic rings. The molecule has 0 amide bonds. The second-order valence-electron chi connectivity index (χ2n) is 7.14. The van der Waals surface area contributed by atoms with Gasteiger partial charge in [-0.15, -0.1) is 0 Å². The predicted octanol–water partition coefficient (Wildman–Crippen LogP) is -0.729. The van der Waals surface area contributed by atoms with E-state index in [4.69, 9.17) is 9.47 Å². The quantitative estimate of drug-likeness (QED) is 0.598. The van der Waals surface area contributed by atoms with Crippen molar-refractivity contribution >= 4 is 10.0 Å². The predicted molar refractivity (Wildman–Crippen MR) is 96.5 cm³/mol. The minimum absolute atomic E-state index is 0.106. The average molecular weight is 403 g/mol. The van der Waals surface area contributed by atoms with Gasteiger partial charge in [0.25, 0.3) is 0 Å². The van der Waals surface area contributed by atoms with E-state index < -0.39 is 21.9 Å². The van der Waals surface area contributed by atoms with Gasteiger partial charge >= 0.3 is 0 Å².